The monoisotopic (exact) mass is 344 g/mol. The third kappa shape index (κ3) is 2.72. The molecular formula is C21H13ClN2O. The lowest BCUT2D eigenvalue weighted by Gasteiger charge is -2.15. The van der Waals surface area contributed by atoms with Crippen molar-refractivity contribution in [2.75, 3.05) is 0 Å². The van der Waals surface area contributed by atoms with E-state index in [2.05, 4.69) is 11.1 Å². The first-order valence-electron chi connectivity index (χ1n) is 7.82. The Hall–Kier alpha value is -2.93. The molecular weight excluding hydrogens is 332 g/mol. The maximum absolute atomic E-state index is 10.9. The molecule has 3 nitrogen and oxygen atoms in total. The van der Waals surface area contributed by atoms with Crippen LogP contribution < -0.4 is 0 Å². The van der Waals surface area contributed by atoms with Crippen molar-refractivity contribution in [2.24, 2.45) is 0 Å². The molecule has 0 radical (unpaired) electrons. The number of fused-ring (bicyclic) bond motifs is 2. The molecule has 1 aliphatic carbocycles. The Morgan fingerprint density at radius 1 is 1.00 bits per heavy atom. The van der Waals surface area contributed by atoms with Crippen LogP contribution >= 0.6 is 11.6 Å². The fourth-order valence-electron chi connectivity index (χ4n) is 3.11. The minimum atomic E-state index is -0.847. The zero-order valence-corrected chi connectivity index (χ0v) is 13.9. The first-order chi connectivity index (χ1) is 12.2. The minimum Gasteiger partial charge on any atom is -0.384 e. The fraction of sp³-hybridized carbons (Fsp3) is 0.0476. The van der Waals surface area contributed by atoms with Crippen molar-refractivity contribution in [3.63, 3.8) is 0 Å². The molecule has 1 N–H and O–H groups in total. The predicted octanol–water partition coefficient (Wildman–Crippen LogP) is 4.84. The third-order valence-corrected chi connectivity index (χ3v) is 4.60. The van der Waals surface area contributed by atoms with Crippen molar-refractivity contribution in [3.8, 4) is 17.2 Å². The topological polar surface area (TPSA) is 56.9 Å². The van der Waals surface area contributed by atoms with E-state index in [0.29, 0.717) is 27.4 Å². The molecule has 0 aliphatic heterocycles. The number of pyridine rings is 1. The van der Waals surface area contributed by atoms with Gasteiger partial charge in [0.05, 0.1) is 17.3 Å². The zero-order chi connectivity index (χ0) is 17.4. The molecule has 1 heterocycles. The van der Waals surface area contributed by atoms with Crippen molar-refractivity contribution in [1.82, 2.24) is 4.98 Å². The van der Waals surface area contributed by atoms with Gasteiger partial charge in [0.2, 0.25) is 0 Å². The van der Waals surface area contributed by atoms with E-state index in [1.807, 2.05) is 48.6 Å². The lowest BCUT2D eigenvalue weighted by Crippen LogP contribution is -2.05. The van der Waals surface area contributed by atoms with Gasteiger partial charge in [-0.25, -0.2) is 0 Å². The Bertz CT molecular complexity index is 1050. The molecule has 2 aromatic carbocycles. The molecule has 0 bridgehead atoms. The molecule has 4 rings (SSSR count). The summed E-state index contributed by atoms with van der Waals surface area (Å²) in [6, 6.07) is 17.0. The number of hydrogen-bond acceptors (Lipinski definition) is 3. The van der Waals surface area contributed by atoms with Gasteiger partial charge in [-0.2, -0.15) is 5.26 Å². The number of nitrogens with zero attached hydrogens (tertiary/aromatic N) is 2. The molecule has 0 saturated carbocycles. The quantitative estimate of drug-likeness (QED) is 0.687. The summed E-state index contributed by atoms with van der Waals surface area (Å²) in [5, 5.41) is 20.9. The SMILES string of the molecule is N#Cc1cccc2c1C=Cc1ncc(-c3cccc(Cl)c3)cc1C2O. The second-order valence-electron chi connectivity index (χ2n) is 5.86. The number of rotatable bonds is 1. The standard InChI is InChI=1S/C21H13ClN2O/c22-16-5-1-3-13(9-16)15-10-19-20(24-12-15)8-7-17-14(11-23)4-2-6-18(17)21(19)25/h1-10,12,21,25H. The fourth-order valence-corrected chi connectivity index (χ4v) is 3.30. The normalized spacial score (nSPS) is 15.0. The van der Waals surface area contributed by atoms with Gasteiger partial charge in [0.1, 0.15) is 6.10 Å². The predicted molar refractivity (Wildman–Crippen MR) is 98.8 cm³/mol. The highest BCUT2D eigenvalue weighted by Crippen LogP contribution is 2.35. The van der Waals surface area contributed by atoms with Gasteiger partial charge in [-0.05, 0) is 47.0 Å². The van der Waals surface area contributed by atoms with Crippen LogP contribution in [0.25, 0.3) is 23.3 Å². The van der Waals surface area contributed by atoms with E-state index in [-0.39, 0.29) is 0 Å². The Morgan fingerprint density at radius 2 is 1.84 bits per heavy atom. The Kier molecular flexibility index (Phi) is 3.85. The van der Waals surface area contributed by atoms with E-state index in [1.54, 1.807) is 18.3 Å². The maximum atomic E-state index is 10.9. The van der Waals surface area contributed by atoms with Crippen molar-refractivity contribution < 1.29 is 5.11 Å². The number of aliphatic hydroxyl groups is 1. The van der Waals surface area contributed by atoms with Crippen molar-refractivity contribution >= 4 is 23.8 Å². The first-order valence-corrected chi connectivity index (χ1v) is 8.20. The summed E-state index contributed by atoms with van der Waals surface area (Å²) >= 11 is 6.08. The van der Waals surface area contributed by atoms with Gasteiger partial charge in [0.25, 0.3) is 0 Å². The van der Waals surface area contributed by atoms with E-state index in [4.69, 9.17) is 11.6 Å². The molecule has 25 heavy (non-hydrogen) atoms. The largest absolute Gasteiger partial charge is 0.384 e. The van der Waals surface area contributed by atoms with E-state index in [0.717, 1.165) is 16.7 Å². The second kappa shape index (κ2) is 6.18. The lowest BCUT2D eigenvalue weighted by molar-refractivity contribution is 0.219. The zero-order valence-electron chi connectivity index (χ0n) is 13.1. The molecule has 0 amide bonds. The molecule has 4 heteroatoms. The first kappa shape index (κ1) is 15.6. The van der Waals surface area contributed by atoms with Crippen molar-refractivity contribution in [1.29, 1.82) is 5.26 Å². The summed E-state index contributed by atoms with van der Waals surface area (Å²) in [4.78, 5) is 4.50. The van der Waals surface area contributed by atoms with Gasteiger partial charge in [-0.15, -0.1) is 0 Å². The van der Waals surface area contributed by atoms with Gasteiger partial charge in [0.15, 0.2) is 0 Å². The number of aliphatic hydroxyl groups excluding tert-OH is 1. The van der Waals surface area contributed by atoms with Crippen LogP contribution in [0.1, 0.15) is 34.1 Å². The summed E-state index contributed by atoms with van der Waals surface area (Å²) in [6.45, 7) is 0. The van der Waals surface area contributed by atoms with Crippen molar-refractivity contribution in [2.45, 2.75) is 6.10 Å². The summed E-state index contributed by atoms with van der Waals surface area (Å²) in [6.07, 6.45) is 4.60. The highest BCUT2D eigenvalue weighted by Gasteiger charge is 2.22. The maximum Gasteiger partial charge on any atom is 0.107 e. The van der Waals surface area contributed by atoms with Crippen LogP contribution in [0, 0.1) is 11.3 Å². The molecule has 120 valence electrons. The highest BCUT2D eigenvalue weighted by molar-refractivity contribution is 6.30. The van der Waals surface area contributed by atoms with Crippen LogP contribution in [0.5, 0.6) is 0 Å². The van der Waals surface area contributed by atoms with E-state index >= 15 is 0 Å². The van der Waals surface area contributed by atoms with E-state index in [1.165, 1.54) is 0 Å². The number of nitriles is 1. The smallest absolute Gasteiger partial charge is 0.107 e. The van der Waals surface area contributed by atoms with Crippen molar-refractivity contribution in [3.05, 3.63) is 87.7 Å². The highest BCUT2D eigenvalue weighted by atomic mass is 35.5. The molecule has 1 atom stereocenters. The minimum absolute atomic E-state index is 0.538. The Balaban J connectivity index is 1.88. The molecule has 0 saturated heterocycles. The summed E-state index contributed by atoms with van der Waals surface area (Å²) < 4.78 is 0. The molecule has 1 aromatic heterocycles. The Morgan fingerprint density at radius 3 is 2.64 bits per heavy atom. The van der Waals surface area contributed by atoms with Gasteiger partial charge in [0, 0.05) is 22.3 Å². The van der Waals surface area contributed by atoms with Crippen LogP contribution in [-0.4, -0.2) is 10.1 Å². The summed E-state index contributed by atoms with van der Waals surface area (Å²) in [5.41, 5.74) is 5.21. The van der Waals surface area contributed by atoms with Crippen LogP contribution in [0.2, 0.25) is 5.02 Å². The van der Waals surface area contributed by atoms with Crippen LogP contribution in [0.15, 0.2) is 54.7 Å². The van der Waals surface area contributed by atoms with Gasteiger partial charge in [-0.3, -0.25) is 4.98 Å². The molecule has 0 fully saturated rings. The lowest BCUT2D eigenvalue weighted by atomic mass is 9.94. The van der Waals surface area contributed by atoms with Gasteiger partial charge >= 0.3 is 0 Å². The number of aromatic nitrogens is 1. The molecule has 0 spiro atoms. The second-order valence-corrected chi connectivity index (χ2v) is 6.30. The van der Waals surface area contributed by atoms with Crippen LogP contribution in [0.3, 0.4) is 0 Å². The number of hydrogen-bond donors (Lipinski definition) is 1. The average Bonchev–Trinajstić information content (AvgIpc) is 2.78. The van der Waals surface area contributed by atoms with Gasteiger partial charge < -0.3 is 5.11 Å². The Labute approximate surface area is 150 Å². The van der Waals surface area contributed by atoms with Crippen LogP contribution in [-0.2, 0) is 0 Å². The molecule has 1 unspecified atom stereocenters. The van der Waals surface area contributed by atoms with E-state index < -0.39 is 6.10 Å². The van der Waals surface area contributed by atoms with E-state index in [9.17, 15) is 10.4 Å². The van der Waals surface area contributed by atoms with Crippen LogP contribution in [0.4, 0.5) is 0 Å². The molecule has 1 aliphatic rings. The van der Waals surface area contributed by atoms with Gasteiger partial charge in [-0.1, -0.05) is 41.9 Å². The average molecular weight is 345 g/mol. The summed E-state index contributed by atoms with van der Waals surface area (Å²) in [5.74, 6) is 0. The third-order valence-electron chi connectivity index (χ3n) is 4.36. The molecule has 3 aromatic rings. The number of benzene rings is 2. The summed E-state index contributed by atoms with van der Waals surface area (Å²) in [7, 11) is 0. The number of halogens is 1.